The summed E-state index contributed by atoms with van der Waals surface area (Å²) in [5.41, 5.74) is 5.28. The van der Waals surface area contributed by atoms with Crippen LogP contribution in [-0.2, 0) is 0 Å². The van der Waals surface area contributed by atoms with Crippen molar-refractivity contribution in [2.24, 2.45) is 0 Å². The van der Waals surface area contributed by atoms with Crippen molar-refractivity contribution < 1.29 is 14.0 Å². The van der Waals surface area contributed by atoms with Crippen molar-refractivity contribution in [1.29, 1.82) is 0 Å². The molecular weight excluding hydrogens is 613 g/mol. The number of fused-ring (bicyclic) bond motifs is 6. The van der Waals surface area contributed by atoms with Crippen molar-refractivity contribution in [2.75, 3.05) is 0 Å². The largest absolute Gasteiger partial charge is 0.456 e. The minimum atomic E-state index is -0.469. The molecule has 234 valence electrons. The third-order valence-corrected chi connectivity index (χ3v) is 8.92. The van der Waals surface area contributed by atoms with E-state index in [1.54, 1.807) is 4.57 Å². The highest BCUT2D eigenvalue weighted by Crippen LogP contribution is 2.36. The van der Waals surface area contributed by atoms with Gasteiger partial charge in [-0.05, 0) is 53.5 Å². The van der Waals surface area contributed by atoms with Crippen LogP contribution in [0.4, 0.5) is 0 Å². The predicted octanol–water partition coefficient (Wildman–Crippen LogP) is 11.5. The van der Waals surface area contributed by atoms with E-state index in [1.807, 2.05) is 127 Å². The molecule has 0 aliphatic rings. The molecule has 0 aliphatic carbocycles. The third-order valence-electron chi connectivity index (χ3n) is 8.92. The number of rotatable bonds is 5. The third kappa shape index (κ3) is 4.67. The van der Waals surface area contributed by atoms with Gasteiger partial charge in [0.1, 0.15) is 11.2 Å². The highest BCUT2D eigenvalue weighted by atomic mass is 16.3. The Kier molecular flexibility index (Phi) is 4.99. The quantitative estimate of drug-likeness (QED) is 0.186. The van der Waals surface area contributed by atoms with E-state index in [-0.39, 0.29) is 69.2 Å². The summed E-state index contributed by atoms with van der Waals surface area (Å²) in [4.78, 5) is 14.5. The highest BCUT2D eigenvalue weighted by molar-refractivity contribution is 6.10. The van der Waals surface area contributed by atoms with Crippen LogP contribution >= 0.6 is 0 Å². The van der Waals surface area contributed by atoms with E-state index in [0.717, 1.165) is 27.5 Å². The van der Waals surface area contributed by atoms with E-state index in [1.165, 1.54) is 0 Å². The number of nitrogens with zero attached hydrogens (tertiary/aromatic N) is 4. The van der Waals surface area contributed by atoms with Gasteiger partial charge in [0.2, 0.25) is 0 Å². The summed E-state index contributed by atoms with van der Waals surface area (Å²) >= 11 is 0. The lowest BCUT2D eigenvalue weighted by atomic mass is 10.1. The van der Waals surface area contributed by atoms with E-state index in [9.17, 15) is 4.11 Å². The zero-order chi connectivity index (χ0) is 39.1. The van der Waals surface area contributed by atoms with Crippen LogP contribution in [0.5, 0.6) is 0 Å². The van der Waals surface area contributed by atoms with Crippen LogP contribution in [0.25, 0.3) is 94.7 Å². The molecule has 3 heterocycles. The molecule has 0 fully saturated rings. The van der Waals surface area contributed by atoms with Crippen LogP contribution in [0.3, 0.4) is 0 Å². The molecule has 10 aromatic rings. The van der Waals surface area contributed by atoms with Crippen LogP contribution in [0.1, 0.15) is 9.60 Å². The fourth-order valence-corrected chi connectivity index (χ4v) is 6.51. The first kappa shape index (κ1) is 21.9. The van der Waals surface area contributed by atoms with E-state index in [0.29, 0.717) is 28.2 Å². The maximum Gasteiger partial charge on any atom is 0.164 e. The molecule has 3 aromatic heterocycles. The highest BCUT2D eigenvalue weighted by Gasteiger charge is 2.17. The summed E-state index contributed by atoms with van der Waals surface area (Å²) < 4.78 is 71.6. The molecule has 0 atom stereocenters. The van der Waals surface area contributed by atoms with Gasteiger partial charge in [0.25, 0.3) is 0 Å². The first-order valence-corrected chi connectivity index (χ1v) is 16.1. The zero-order valence-electron chi connectivity index (χ0n) is 33.3. The molecule has 10 rings (SSSR count). The lowest BCUT2D eigenvalue weighted by Gasteiger charge is -2.11. The van der Waals surface area contributed by atoms with Gasteiger partial charge in [-0.15, -0.1) is 0 Å². The van der Waals surface area contributed by atoms with Gasteiger partial charge in [-0.25, -0.2) is 15.0 Å². The molecule has 0 saturated carbocycles. The molecule has 0 saturated heterocycles. The molecule has 7 aromatic carbocycles. The SMILES string of the molecule is [2H]c1c([2H])c([2H])c2c(c1[2H])c1c([2H])c([2H])c(-c3nc(-c4ccccc4)nc(-c4ccc5c(c4)oc4ccccc45)n3)c([2H])c1n2-c1ccc(-c2ccccc2)cc1. The van der Waals surface area contributed by atoms with Gasteiger partial charge in [0, 0.05) is 43.9 Å². The Morgan fingerprint density at radius 3 is 1.84 bits per heavy atom. The van der Waals surface area contributed by atoms with Crippen LogP contribution in [-0.4, -0.2) is 19.5 Å². The number of benzene rings is 7. The second kappa shape index (κ2) is 11.4. The minimum Gasteiger partial charge on any atom is -0.456 e. The average molecular weight is 648 g/mol. The summed E-state index contributed by atoms with van der Waals surface area (Å²) in [7, 11) is 0. The van der Waals surface area contributed by atoms with E-state index in [4.69, 9.17) is 24.9 Å². The van der Waals surface area contributed by atoms with E-state index < -0.39 is 12.1 Å². The van der Waals surface area contributed by atoms with Crippen molar-refractivity contribution in [3.05, 3.63) is 170 Å². The molecule has 5 heteroatoms. The van der Waals surface area contributed by atoms with Crippen LogP contribution in [0, 0.1) is 0 Å². The Morgan fingerprint density at radius 2 is 1.04 bits per heavy atom. The lowest BCUT2D eigenvalue weighted by Crippen LogP contribution is -2.00. The summed E-state index contributed by atoms with van der Waals surface area (Å²) in [5.74, 6) is 0.551. The van der Waals surface area contributed by atoms with Crippen molar-refractivity contribution in [3.63, 3.8) is 0 Å². The first-order chi connectivity index (χ1) is 27.7. The smallest absolute Gasteiger partial charge is 0.164 e. The first-order valence-electron chi connectivity index (χ1n) is 19.6. The summed E-state index contributed by atoms with van der Waals surface area (Å²) in [6.07, 6.45) is 0. The predicted molar refractivity (Wildman–Crippen MR) is 203 cm³/mol. The van der Waals surface area contributed by atoms with Crippen LogP contribution < -0.4 is 0 Å². The molecule has 50 heavy (non-hydrogen) atoms. The molecule has 0 bridgehead atoms. The number of para-hydroxylation sites is 2. The minimum absolute atomic E-state index is 0.00950. The standard InChI is InChI=1S/C45H28N4O/c1-3-11-29(12-4-1)30-19-23-34(24-20-30)49-39-17-9-7-15-35(39)36-25-21-32(27-40(36)49)44-46-43(31-13-5-2-6-14-31)47-45(48-44)33-22-26-38-37-16-8-10-18-41(37)50-42(38)28-33/h1-28H/i7D,9D,15D,17D,21D,25D,27D. The summed E-state index contributed by atoms with van der Waals surface area (Å²) in [6, 6.07) is 37.5. The zero-order valence-corrected chi connectivity index (χ0v) is 26.3. The summed E-state index contributed by atoms with van der Waals surface area (Å²) in [5, 5.41) is 2.02. The monoisotopic (exact) mass is 647 g/mol. The molecule has 0 radical (unpaired) electrons. The molecule has 5 nitrogen and oxygen atoms in total. The molecule has 0 amide bonds. The Bertz CT molecular complexity index is 3260. The number of aromatic nitrogens is 4. The van der Waals surface area contributed by atoms with Crippen molar-refractivity contribution >= 4 is 43.7 Å². The maximum atomic E-state index is 9.83. The van der Waals surface area contributed by atoms with Gasteiger partial charge >= 0.3 is 0 Å². The second-order valence-corrected chi connectivity index (χ2v) is 11.9. The summed E-state index contributed by atoms with van der Waals surface area (Å²) in [6.45, 7) is 0. The number of hydrogen-bond acceptors (Lipinski definition) is 4. The van der Waals surface area contributed by atoms with E-state index >= 15 is 0 Å². The fourth-order valence-electron chi connectivity index (χ4n) is 6.51. The normalized spacial score (nSPS) is 13.6. The second-order valence-electron chi connectivity index (χ2n) is 11.9. The maximum absolute atomic E-state index is 9.83. The van der Waals surface area contributed by atoms with Crippen LogP contribution in [0.2, 0.25) is 0 Å². The van der Waals surface area contributed by atoms with Gasteiger partial charge in [-0.3, -0.25) is 0 Å². The number of hydrogen-bond donors (Lipinski definition) is 0. The lowest BCUT2D eigenvalue weighted by molar-refractivity contribution is 0.669. The Morgan fingerprint density at radius 1 is 0.440 bits per heavy atom. The van der Waals surface area contributed by atoms with E-state index in [2.05, 4.69) is 0 Å². The fraction of sp³-hybridized carbons (Fsp3) is 0. The van der Waals surface area contributed by atoms with Gasteiger partial charge in [0.05, 0.1) is 20.6 Å². The molecule has 0 spiro atoms. The van der Waals surface area contributed by atoms with Crippen molar-refractivity contribution in [1.82, 2.24) is 19.5 Å². The Labute approximate surface area is 297 Å². The van der Waals surface area contributed by atoms with Crippen molar-refractivity contribution in [3.8, 4) is 51.0 Å². The molecule has 0 unspecified atom stereocenters. The molecule has 0 aliphatic heterocycles. The van der Waals surface area contributed by atoms with Crippen LogP contribution in [0.15, 0.2) is 174 Å². The molecule has 0 N–H and O–H groups in total. The number of furan rings is 1. The van der Waals surface area contributed by atoms with Gasteiger partial charge in [0.15, 0.2) is 17.5 Å². The van der Waals surface area contributed by atoms with Gasteiger partial charge in [-0.1, -0.05) is 127 Å². The van der Waals surface area contributed by atoms with Gasteiger partial charge < -0.3 is 8.98 Å². The molecular formula is C45H28N4O. The topological polar surface area (TPSA) is 56.7 Å². The van der Waals surface area contributed by atoms with Gasteiger partial charge in [-0.2, -0.15) is 0 Å². The Hall–Kier alpha value is -6.85. The van der Waals surface area contributed by atoms with Crippen molar-refractivity contribution in [2.45, 2.75) is 0 Å². The Balaban J connectivity index is 1.27. The average Bonchev–Trinajstić information content (AvgIpc) is 3.82.